The number of nitrogens with zero attached hydrogens (tertiary/aromatic N) is 1. The van der Waals surface area contributed by atoms with E-state index in [0.717, 1.165) is 11.5 Å². The molecule has 9 heteroatoms. The molecule has 1 atom stereocenters. The molecule has 1 heterocycles. The number of aliphatic hydroxyl groups excluding tert-OH is 1. The average molecular weight is 422 g/mol. The van der Waals surface area contributed by atoms with Gasteiger partial charge in [-0.05, 0) is 41.1 Å². The first kappa shape index (κ1) is 21.5. The molecule has 1 unspecified atom stereocenters. The van der Waals surface area contributed by atoms with E-state index in [4.69, 9.17) is 4.74 Å². The second kappa shape index (κ2) is 8.66. The number of carbonyl (C=O) groups is 1. The summed E-state index contributed by atoms with van der Waals surface area (Å²) >= 11 is 0. The Morgan fingerprint density at radius 2 is 2.03 bits per heavy atom. The summed E-state index contributed by atoms with van der Waals surface area (Å²) in [5.74, 6) is -2.79. The minimum absolute atomic E-state index is 0.0470. The molecular weight excluding hydrogens is 404 g/mol. The van der Waals surface area contributed by atoms with Crippen molar-refractivity contribution in [1.29, 1.82) is 0 Å². The first-order valence-corrected chi connectivity index (χ1v) is 8.94. The number of aliphatic hydroxyl groups is 1. The Bertz CT molecular complexity index is 1060. The van der Waals surface area contributed by atoms with E-state index in [0.29, 0.717) is 16.5 Å². The van der Waals surface area contributed by atoms with Crippen molar-refractivity contribution in [3.63, 3.8) is 0 Å². The number of alkyl halides is 3. The first-order valence-electron chi connectivity index (χ1n) is 8.94. The van der Waals surface area contributed by atoms with Crippen molar-refractivity contribution in [3.05, 3.63) is 71.3 Å². The highest BCUT2D eigenvalue weighted by Gasteiger charge is 2.38. The minimum atomic E-state index is -4.98. The molecule has 3 aromatic rings. The van der Waals surface area contributed by atoms with E-state index in [1.807, 2.05) is 6.07 Å². The second-order valence-electron chi connectivity index (χ2n) is 6.54. The lowest BCUT2D eigenvalue weighted by molar-refractivity contribution is -0.173. The largest absolute Gasteiger partial charge is 0.496 e. The lowest BCUT2D eigenvalue weighted by atomic mass is 9.94. The average Bonchev–Trinajstić information content (AvgIpc) is 2.71. The lowest BCUT2D eigenvalue weighted by Gasteiger charge is -2.19. The summed E-state index contributed by atoms with van der Waals surface area (Å²) < 4.78 is 56.9. The van der Waals surface area contributed by atoms with Gasteiger partial charge in [0.1, 0.15) is 17.7 Å². The van der Waals surface area contributed by atoms with Crippen molar-refractivity contribution in [2.24, 2.45) is 0 Å². The van der Waals surface area contributed by atoms with Gasteiger partial charge in [-0.3, -0.25) is 9.78 Å². The molecule has 0 aliphatic carbocycles. The number of halogens is 4. The highest BCUT2D eigenvalue weighted by Crippen LogP contribution is 2.36. The van der Waals surface area contributed by atoms with Crippen LogP contribution in [0.5, 0.6) is 5.75 Å². The summed E-state index contributed by atoms with van der Waals surface area (Å²) in [6, 6.07) is 9.42. The van der Waals surface area contributed by atoms with Gasteiger partial charge in [0.25, 0.3) is 0 Å². The van der Waals surface area contributed by atoms with E-state index < -0.39 is 24.0 Å². The predicted octanol–water partition coefficient (Wildman–Crippen LogP) is 3.69. The first-order chi connectivity index (χ1) is 14.2. The van der Waals surface area contributed by atoms with E-state index >= 15 is 0 Å². The number of methoxy groups -OCH3 is 1. The maximum atomic E-state index is 14.9. The van der Waals surface area contributed by atoms with Crippen LogP contribution in [0.15, 0.2) is 48.8 Å². The third kappa shape index (κ3) is 4.51. The molecule has 0 bridgehead atoms. The maximum Gasteiger partial charge on any atom is 0.471 e. The van der Waals surface area contributed by atoms with E-state index in [9.17, 15) is 27.5 Å². The molecule has 0 aliphatic rings. The highest BCUT2D eigenvalue weighted by molar-refractivity contribution is 5.85. The van der Waals surface area contributed by atoms with Crippen molar-refractivity contribution in [2.75, 3.05) is 13.7 Å². The third-order valence-electron chi connectivity index (χ3n) is 4.61. The van der Waals surface area contributed by atoms with Crippen LogP contribution in [0.25, 0.3) is 10.8 Å². The molecule has 30 heavy (non-hydrogen) atoms. The van der Waals surface area contributed by atoms with E-state index in [1.54, 1.807) is 35.9 Å². The van der Waals surface area contributed by atoms with Gasteiger partial charge in [0.05, 0.1) is 12.7 Å². The Hall–Kier alpha value is -3.20. The van der Waals surface area contributed by atoms with Crippen LogP contribution in [-0.4, -0.2) is 35.8 Å². The molecule has 3 rings (SSSR count). The SMILES string of the molecule is COc1cc(CCNC(=O)C(F)(F)F)cc(F)c1C(O)c1cccc2cnccc12. The molecule has 158 valence electrons. The molecule has 2 N–H and O–H groups in total. The molecule has 0 aliphatic heterocycles. The number of aromatic nitrogens is 1. The molecular formula is C21H18F4N2O3. The predicted molar refractivity (Wildman–Crippen MR) is 102 cm³/mol. The molecule has 5 nitrogen and oxygen atoms in total. The Balaban J connectivity index is 1.88. The molecule has 1 amide bonds. The quantitative estimate of drug-likeness (QED) is 0.595. The van der Waals surface area contributed by atoms with Crippen molar-refractivity contribution < 1.29 is 32.2 Å². The molecule has 0 saturated carbocycles. The standard InChI is InChI=1S/C21H18F4N2O3/c1-30-17-10-12(5-8-27-20(29)21(23,24)25)9-16(22)18(17)19(28)15-4-2-3-13-11-26-7-6-14(13)15/h2-4,6-7,9-11,19,28H,5,8H2,1H3,(H,27,29). The molecule has 0 spiro atoms. The van der Waals surface area contributed by atoms with Crippen molar-refractivity contribution in [1.82, 2.24) is 10.3 Å². The Labute approximate surface area is 169 Å². The van der Waals surface area contributed by atoms with Gasteiger partial charge in [-0.1, -0.05) is 18.2 Å². The number of hydrogen-bond acceptors (Lipinski definition) is 4. The molecule has 0 fully saturated rings. The van der Waals surface area contributed by atoms with E-state index in [1.165, 1.54) is 13.2 Å². The summed E-state index contributed by atoms with van der Waals surface area (Å²) in [5, 5.41) is 14.1. The smallest absolute Gasteiger partial charge is 0.471 e. The van der Waals surface area contributed by atoms with Gasteiger partial charge in [0.15, 0.2) is 0 Å². The highest BCUT2D eigenvalue weighted by atomic mass is 19.4. The monoisotopic (exact) mass is 422 g/mol. The normalized spacial score (nSPS) is 12.6. The summed E-state index contributed by atoms with van der Waals surface area (Å²) in [6.07, 6.45) is -3.19. The number of ether oxygens (including phenoxy) is 1. The number of fused-ring (bicyclic) bond motifs is 1. The number of pyridine rings is 1. The molecule has 2 aromatic carbocycles. The van der Waals surface area contributed by atoms with Gasteiger partial charge >= 0.3 is 12.1 Å². The van der Waals surface area contributed by atoms with Gasteiger partial charge in [-0.2, -0.15) is 13.2 Å². The lowest BCUT2D eigenvalue weighted by Crippen LogP contribution is -2.37. The van der Waals surface area contributed by atoms with E-state index in [2.05, 4.69) is 4.98 Å². The van der Waals surface area contributed by atoms with Crippen molar-refractivity contribution >= 4 is 16.7 Å². The summed E-state index contributed by atoms with van der Waals surface area (Å²) in [6.45, 7) is -0.334. The van der Waals surface area contributed by atoms with Crippen LogP contribution in [0.4, 0.5) is 17.6 Å². The fraction of sp³-hybridized carbons (Fsp3) is 0.238. The Morgan fingerprint density at radius 3 is 2.73 bits per heavy atom. The zero-order chi connectivity index (χ0) is 21.9. The molecule has 0 saturated heterocycles. The van der Waals surface area contributed by atoms with Crippen LogP contribution in [0.1, 0.15) is 22.8 Å². The fourth-order valence-electron chi connectivity index (χ4n) is 3.19. The van der Waals surface area contributed by atoms with Crippen LogP contribution >= 0.6 is 0 Å². The fourth-order valence-corrected chi connectivity index (χ4v) is 3.19. The summed E-state index contributed by atoms with van der Waals surface area (Å²) in [4.78, 5) is 14.9. The van der Waals surface area contributed by atoms with Crippen LogP contribution in [0.3, 0.4) is 0 Å². The van der Waals surface area contributed by atoms with Crippen LogP contribution in [0.2, 0.25) is 0 Å². The second-order valence-corrected chi connectivity index (χ2v) is 6.54. The number of carbonyl (C=O) groups excluding carboxylic acids is 1. The van der Waals surface area contributed by atoms with Gasteiger partial charge in [0.2, 0.25) is 0 Å². The maximum absolute atomic E-state index is 14.9. The number of rotatable bonds is 6. The van der Waals surface area contributed by atoms with E-state index in [-0.39, 0.29) is 24.3 Å². The molecule has 1 aromatic heterocycles. The number of nitrogens with one attached hydrogen (secondary N) is 1. The van der Waals surface area contributed by atoms with Crippen molar-refractivity contribution in [2.45, 2.75) is 18.7 Å². The summed E-state index contributed by atoms with van der Waals surface area (Å²) in [7, 11) is 1.30. The van der Waals surface area contributed by atoms with Gasteiger partial charge in [-0.25, -0.2) is 4.39 Å². The summed E-state index contributed by atoms with van der Waals surface area (Å²) in [5.41, 5.74) is 0.673. The number of benzene rings is 2. The zero-order valence-corrected chi connectivity index (χ0v) is 15.8. The topological polar surface area (TPSA) is 71.5 Å². The van der Waals surface area contributed by atoms with Crippen LogP contribution in [-0.2, 0) is 11.2 Å². The number of hydrogen-bond donors (Lipinski definition) is 2. The van der Waals surface area contributed by atoms with Gasteiger partial charge in [0, 0.05) is 24.3 Å². The van der Waals surface area contributed by atoms with Gasteiger partial charge < -0.3 is 15.2 Å². The molecule has 0 radical (unpaired) electrons. The Morgan fingerprint density at radius 1 is 1.27 bits per heavy atom. The van der Waals surface area contributed by atoms with Crippen LogP contribution < -0.4 is 10.1 Å². The Kier molecular flexibility index (Phi) is 6.21. The third-order valence-corrected chi connectivity index (χ3v) is 4.61. The number of amides is 1. The van der Waals surface area contributed by atoms with Crippen molar-refractivity contribution in [3.8, 4) is 5.75 Å². The minimum Gasteiger partial charge on any atom is -0.496 e. The van der Waals surface area contributed by atoms with Gasteiger partial charge in [-0.15, -0.1) is 0 Å². The van der Waals surface area contributed by atoms with Crippen LogP contribution in [0, 0.1) is 5.82 Å². The zero-order valence-electron chi connectivity index (χ0n) is 15.8.